The van der Waals surface area contributed by atoms with Crippen molar-refractivity contribution < 1.29 is 4.74 Å². The highest BCUT2D eigenvalue weighted by molar-refractivity contribution is 6.20. The summed E-state index contributed by atoms with van der Waals surface area (Å²) < 4.78 is 6.77. The Morgan fingerprint density at radius 2 is 1.11 bits per heavy atom. The molecule has 1 spiro atoms. The third kappa shape index (κ3) is 4.50. The number of nitrogens with one attached hydrogen (secondary N) is 1. The van der Waals surface area contributed by atoms with Gasteiger partial charge in [0.2, 0.25) is 0 Å². The van der Waals surface area contributed by atoms with Crippen LogP contribution >= 0.6 is 0 Å². The quantitative estimate of drug-likeness (QED) is 0.200. The van der Waals surface area contributed by atoms with Crippen LogP contribution in [0.2, 0.25) is 0 Å². The molecule has 11 rings (SSSR count). The van der Waals surface area contributed by atoms with Crippen LogP contribution in [0.25, 0.3) is 33.0 Å². The molecule has 0 aromatic heterocycles. The molecule has 8 aromatic rings. The number of nitrogens with zero attached hydrogens (tertiary/aromatic N) is 2. The highest BCUT2D eigenvalue weighted by atomic mass is 16.5. The number of ether oxygens (including phenoxy) is 1. The van der Waals surface area contributed by atoms with Crippen molar-refractivity contribution in [3.05, 3.63) is 227 Å². The first-order chi connectivity index (χ1) is 26.8. The van der Waals surface area contributed by atoms with Crippen LogP contribution in [0.4, 0.5) is 0 Å². The number of hydrogen-bond acceptors (Lipinski definition) is 4. The zero-order chi connectivity index (χ0) is 35.6. The molecular weight excluding hydrogens is 659 g/mol. The predicted octanol–water partition coefficient (Wildman–Crippen LogP) is 11.5. The zero-order valence-electron chi connectivity index (χ0n) is 29.3. The van der Waals surface area contributed by atoms with E-state index in [9.17, 15) is 0 Å². The second-order valence-electron chi connectivity index (χ2n) is 14.1. The van der Waals surface area contributed by atoms with Crippen LogP contribution in [-0.2, 0) is 5.41 Å². The van der Waals surface area contributed by atoms with Gasteiger partial charge in [-0.3, -0.25) is 0 Å². The first-order valence-electron chi connectivity index (χ1n) is 18.4. The van der Waals surface area contributed by atoms with Gasteiger partial charge in [-0.1, -0.05) is 170 Å². The van der Waals surface area contributed by atoms with Gasteiger partial charge in [0.25, 0.3) is 0 Å². The van der Waals surface area contributed by atoms with Crippen LogP contribution in [0.3, 0.4) is 0 Å². The number of fused-ring (bicyclic) bond motifs is 10. The van der Waals surface area contributed by atoms with E-state index in [0.717, 1.165) is 67.1 Å². The van der Waals surface area contributed by atoms with Crippen molar-refractivity contribution in [2.45, 2.75) is 11.6 Å². The van der Waals surface area contributed by atoms with Crippen LogP contribution in [0.5, 0.6) is 11.5 Å². The molecule has 0 saturated heterocycles. The van der Waals surface area contributed by atoms with Crippen molar-refractivity contribution in [2.75, 3.05) is 0 Å². The lowest BCUT2D eigenvalue weighted by Crippen LogP contribution is -2.33. The van der Waals surface area contributed by atoms with E-state index in [1.54, 1.807) is 0 Å². The van der Waals surface area contributed by atoms with Gasteiger partial charge in [0.15, 0.2) is 5.84 Å². The van der Waals surface area contributed by atoms with Crippen molar-refractivity contribution in [1.29, 1.82) is 0 Å². The normalized spacial score (nSPS) is 15.9. The summed E-state index contributed by atoms with van der Waals surface area (Å²) in [6, 6.07) is 66.7. The minimum absolute atomic E-state index is 0.316. The van der Waals surface area contributed by atoms with Crippen LogP contribution in [0.1, 0.15) is 45.1 Å². The molecule has 1 unspecified atom stereocenters. The van der Waals surface area contributed by atoms with E-state index in [2.05, 4.69) is 169 Å². The van der Waals surface area contributed by atoms with Crippen LogP contribution in [-0.4, -0.2) is 11.7 Å². The fraction of sp³-hybridized carbons (Fsp3) is 0.0400. The SMILES string of the molecule is c1ccc(C2=NC(c3c(-c4ccc5c(c4)C4(c6ccccc6O5)c5ccccc5-c5ccccc54)ccc4ccccc34)=NC(c3ccccc3)N2)cc1. The fourth-order valence-electron chi connectivity index (χ4n) is 8.89. The van der Waals surface area contributed by atoms with Gasteiger partial charge in [0, 0.05) is 22.3 Å². The summed E-state index contributed by atoms with van der Waals surface area (Å²) in [4.78, 5) is 10.7. The molecule has 1 atom stereocenters. The molecule has 2 aliphatic heterocycles. The van der Waals surface area contributed by atoms with E-state index in [1.165, 1.54) is 22.3 Å². The second-order valence-corrected chi connectivity index (χ2v) is 14.1. The number of hydrogen-bond donors (Lipinski definition) is 1. The van der Waals surface area contributed by atoms with Crippen molar-refractivity contribution in [3.63, 3.8) is 0 Å². The molecule has 0 bridgehead atoms. The minimum Gasteiger partial charge on any atom is -0.457 e. The first-order valence-corrected chi connectivity index (χ1v) is 18.4. The lowest BCUT2D eigenvalue weighted by atomic mass is 9.65. The van der Waals surface area contributed by atoms with Gasteiger partial charge in [-0.2, -0.15) is 0 Å². The molecule has 1 aliphatic carbocycles. The van der Waals surface area contributed by atoms with Crippen molar-refractivity contribution in [1.82, 2.24) is 5.32 Å². The minimum atomic E-state index is -0.562. The average molecular weight is 692 g/mol. The molecule has 0 radical (unpaired) electrons. The lowest BCUT2D eigenvalue weighted by Gasteiger charge is -2.39. The summed E-state index contributed by atoms with van der Waals surface area (Å²) in [6.07, 6.45) is -0.316. The number of para-hydroxylation sites is 1. The Hall–Kier alpha value is -7.04. The molecule has 0 saturated carbocycles. The van der Waals surface area contributed by atoms with Crippen molar-refractivity contribution >= 4 is 22.4 Å². The number of benzene rings is 8. The van der Waals surface area contributed by atoms with Gasteiger partial charge in [0.1, 0.15) is 23.5 Å². The predicted molar refractivity (Wildman–Crippen MR) is 219 cm³/mol. The smallest absolute Gasteiger partial charge is 0.160 e. The molecular formula is C50H33N3O. The molecule has 4 heteroatoms. The van der Waals surface area contributed by atoms with Gasteiger partial charge in [-0.05, 0) is 67.9 Å². The standard InChI is InChI=1S/C50H33N3O/c1-3-16-33(17-4-1)47-51-48(34-18-5-2-6-19-34)53-49(52-47)46-36-20-8-7-15-32(36)27-29-37(46)35-28-30-45-43(31-35)50(42-25-13-14-26-44(42)54-45)40-23-11-9-21-38(40)39-22-10-12-24-41(39)50/h1-31,47H,(H,51,52,53). The van der Waals surface area contributed by atoms with E-state index in [-0.39, 0.29) is 6.17 Å². The summed E-state index contributed by atoms with van der Waals surface area (Å²) in [5.41, 5.74) is 12.0. The maximum atomic E-state index is 6.77. The Balaban J connectivity index is 1.18. The molecule has 0 amide bonds. The van der Waals surface area contributed by atoms with E-state index < -0.39 is 5.41 Å². The lowest BCUT2D eigenvalue weighted by molar-refractivity contribution is 0.436. The number of rotatable bonds is 4. The van der Waals surface area contributed by atoms with E-state index in [0.29, 0.717) is 5.84 Å². The summed E-state index contributed by atoms with van der Waals surface area (Å²) in [6.45, 7) is 0. The van der Waals surface area contributed by atoms with E-state index >= 15 is 0 Å². The van der Waals surface area contributed by atoms with Crippen LogP contribution < -0.4 is 10.1 Å². The Morgan fingerprint density at radius 3 is 1.89 bits per heavy atom. The van der Waals surface area contributed by atoms with Gasteiger partial charge in [-0.25, -0.2) is 9.98 Å². The van der Waals surface area contributed by atoms with Crippen LogP contribution in [0, 0.1) is 0 Å². The average Bonchev–Trinajstić information content (AvgIpc) is 3.54. The summed E-state index contributed by atoms with van der Waals surface area (Å²) >= 11 is 0. The largest absolute Gasteiger partial charge is 0.457 e. The topological polar surface area (TPSA) is 46.0 Å². The van der Waals surface area contributed by atoms with Gasteiger partial charge < -0.3 is 10.1 Å². The molecule has 8 aromatic carbocycles. The van der Waals surface area contributed by atoms with E-state index in [4.69, 9.17) is 14.7 Å². The Labute approximate surface area is 313 Å². The summed E-state index contributed by atoms with van der Waals surface area (Å²) in [5.74, 6) is 3.23. The molecule has 54 heavy (non-hydrogen) atoms. The molecule has 2 heterocycles. The fourth-order valence-corrected chi connectivity index (χ4v) is 8.89. The first kappa shape index (κ1) is 30.6. The third-order valence-electron chi connectivity index (χ3n) is 11.2. The summed E-state index contributed by atoms with van der Waals surface area (Å²) in [5, 5.41) is 5.88. The summed E-state index contributed by atoms with van der Waals surface area (Å²) in [7, 11) is 0. The van der Waals surface area contributed by atoms with Crippen molar-refractivity contribution in [2.24, 2.45) is 9.98 Å². The molecule has 254 valence electrons. The third-order valence-corrected chi connectivity index (χ3v) is 11.2. The van der Waals surface area contributed by atoms with Crippen LogP contribution in [0.15, 0.2) is 198 Å². The number of amidine groups is 2. The highest BCUT2D eigenvalue weighted by Crippen LogP contribution is 2.62. The second kappa shape index (κ2) is 12.0. The van der Waals surface area contributed by atoms with Crippen molar-refractivity contribution in [3.8, 4) is 33.8 Å². The monoisotopic (exact) mass is 691 g/mol. The highest BCUT2D eigenvalue weighted by Gasteiger charge is 2.51. The van der Waals surface area contributed by atoms with Gasteiger partial charge in [-0.15, -0.1) is 0 Å². The maximum Gasteiger partial charge on any atom is 0.160 e. The molecule has 1 N–H and O–H groups in total. The molecule has 4 nitrogen and oxygen atoms in total. The van der Waals surface area contributed by atoms with E-state index in [1.807, 2.05) is 24.3 Å². The molecule has 0 fully saturated rings. The number of aliphatic imine (C=N–C) groups is 2. The Kier molecular flexibility index (Phi) is 6.80. The Bertz CT molecular complexity index is 2790. The molecule has 3 aliphatic rings. The van der Waals surface area contributed by atoms with Gasteiger partial charge >= 0.3 is 0 Å². The maximum absolute atomic E-state index is 6.77. The van der Waals surface area contributed by atoms with Gasteiger partial charge in [0.05, 0.1) is 5.41 Å². The Morgan fingerprint density at radius 1 is 0.481 bits per heavy atom. The zero-order valence-corrected chi connectivity index (χ0v) is 29.3.